The van der Waals surface area contributed by atoms with E-state index in [0.717, 1.165) is 55.0 Å². The van der Waals surface area contributed by atoms with Gasteiger partial charge in [-0.3, -0.25) is 0 Å². The fourth-order valence-corrected chi connectivity index (χ4v) is 5.73. The summed E-state index contributed by atoms with van der Waals surface area (Å²) < 4.78 is 7.51. The van der Waals surface area contributed by atoms with Crippen molar-refractivity contribution in [2.24, 2.45) is 0 Å². The molecule has 0 aliphatic heterocycles. The molecular formula is C35H29IrN3OS-2. The van der Waals surface area contributed by atoms with Gasteiger partial charge in [-0.1, -0.05) is 55.5 Å². The zero-order valence-corrected chi connectivity index (χ0v) is 26.8. The molecule has 0 amide bonds. The van der Waals surface area contributed by atoms with Gasteiger partial charge in [-0.15, -0.1) is 65.4 Å². The molecule has 0 unspecified atom stereocenters. The Balaban J connectivity index is 0.000000218. The van der Waals surface area contributed by atoms with Crippen LogP contribution in [0.3, 0.4) is 0 Å². The van der Waals surface area contributed by atoms with Crippen molar-refractivity contribution >= 4 is 43.5 Å². The van der Waals surface area contributed by atoms with Crippen LogP contribution in [0.25, 0.3) is 54.7 Å². The number of hydrogen-bond acceptors (Lipinski definition) is 5. The summed E-state index contributed by atoms with van der Waals surface area (Å²) in [6, 6.07) is 30.4. The number of pyridine rings is 2. The molecule has 0 saturated carbocycles. The largest absolute Gasteiger partial charge is 0.501 e. The Morgan fingerprint density at radius 1 is 0.829 bits per heavy atom. The Morgan fingerprint density at radius 2 is 1.66 bits per heavy atom. The minimum Gasteiger partial charge on any atom is -0.501 e. The van der Waals surface area contributed by atoms with Gasteiger partial charge in [-0.05, 0) is 49.0 Å². The number of nitrogens with zero attached hydrogens (tertiary/aromatic N) is 3. The van der Waals surface area contributed by atoms with Gasteiger partial charge >= 0.3 is 0 Å². The quantitative estimate of drug-likeness (QED) is 0.166. The second-order valence-electron chi connectivity index (χ2n) is 10.9. The molecule has 6 heteroatoms. The molecule has 0 bridgehead atoms. The maximum absolute atomic E-state index is 6.32. The number of aromatic nitrogens is 3. The van der Waals surface area contributed by atoms with E-state index in [1.807, 2.05) is 60.8 Å². The van der Waals surface area contributed by atoms with E-state index in [1.165, 1.54) is 15.8 Å². The van der Waals surface area contributed by atoms with Gasteiger partial charge in [0, 0.05) is 43.3 Å². The van der Waals surface area contributed by atoms with Crippen LogP contribution in [0.1, 0.15) is 36.9 Å². The Hall–Kier alpha value is -3.70. The van der Waals surface area contributed by atoms with E-state index < -0.39 is 0 Å². The summed E-state index contributed by atoms with van der Waals surface area (Å²) in [5, 5.41) is 3.38. The van der Waals surface area contributed by atoms with Crippen molar-refractivity contribution in [3.8, 4) is 22.5 Å². The zero-order chi connectivity index (χ0) is 27.9. The van der Waals surface area contributed by atoms with Crippen LogP contribution < -0.4 is 0 Å². The molecule has 1 radical (unpaired) electrons. The molecule has 7 aromatic rings. The molecule has 0 atom stereocenters. The molecule has 0 saturated heterocycles. The van der Waals surface area contributed by atoms with Crippen LogP contribution in [0, 0.1) is 26.0 Å². The first-order valence-electron chi connectivity index (χ1n) is 13.3. The number of benzene rings is 3. The second kappa shape index (κ2) is 11.7. The van der Waals surface area contributed by atoms with Crippen LogP contribution in [-0.2, 0) is 25.5 Å². The summed E-state index contributed by atoms with van der Waals surface area (Å²) in [5.41, 5.74) is 8.99. The Morgan fingerprint density at radius 3 is 2.37 bits per heavy atom. The van der Waals surface area contributed by atoms with Crippen molar-refractivity contribution in [3.63, 3.8) is 0 Å². The maximum Gasteiger partial charge on any atom is 0.122 e. The number of thiazole rings is 1. The average molecular weight is 732 g/mol. The molecule has 4 aromatic heterocycles. The Kier molecular flexibility index (Phi) is 8.19. The van der Waals surface area contributed by atoms with E-state index in [9.17, 15) is 0 Å². The molecule has 0 fully saturated rings. The first kappa shape index (κ1) is 28.8. The minimum atomic E-state index is 0. The van der Waals surface area contributed by atoms with E-state index in [1.54, 1.807) is 17.5 Å². The van der Waals surface area contributed by atoms with Crippen molar-refractivity contribution < 1.29 is 24.5 Å². The van der Waals surface area contributed by atoms with Crippen LogP contribution in [0.5, 0.6) is 0 Å². The number of rotatable bonds is 2. The third-order valence-electron chi connectivity index (χ3n) is 6.87. The summed E-state index contributed by atoms with van der Waals surface area (Å²) in [6.07, 6.45) is 3.70. The minimum absolute atomic E-state index is 0. The predicted molar refractivity (Wildman–Crippen MR) is 166 cm³/mol. The predicted octanol–water partition coefficient (Wildman–Crippen LogP) is 9.52. The monoisotopic (exact) mass is 732 g/mol. The summed E-state index contributed by atoms with van der Waals surface area (Å²) >= 11 is 1.76. The topological polar surface area (TPSA) is 51.8 Å². The first-order chi connectivity index (χ1) is 19.3. The number of furan rings is 1. The third-order valence-corrected chi connectivity index (χ3v) is 8.38. The van der Waals surface area contributed by atoms with E-state index in [4.69, 9.17) is 9.40 Å². The normalized spacial score (nSPS) is 11.3. The van der Waals surface area contributed by atoms with Gasteiger partial charge in [0.2, 0.25) is 0 Å². The summed E-state index contributed by atoms with van der Waals surface area (Å²) in [7, 11) is 0. The van der Waals surface area contributed by atoms with Crippen LogP contribution in [0.15, 0.2) is 89.6 Å². The molecule has 4 heterocycles. The van der Waals surface area contributed by atoms with Crippen LogP contribution in [0.2, 0.25) is 0 Å². The Bertz CT molecular complexity index is 1920. The van der Waals surface area contributed by atoms with Gasteiger partial charge in [0.15, 0.2) is 0 Å². The van der Waals surface area contributed by atoms with Gasteiger partial charge in [0.05, 0.1) is 20.8 Å². The van der Waals surface area contributed by atoms with E-state index in [2.05, 4.69) is 74.9 Å². The maximum atomic E-state index is 6.32. The van der Waals surface area contributed by atoms with Gasteiger partial charge in [0.1, 0.15) is 5.58 Å². The molecule has 207 valence electrons. The molecule has 0 aliphatic carbocycles. The molecule has 7 rings (SSSR count). The second-order valence-corrected chi connectivity index (χ2v) is 11.9. The van der Waals surface area contributed by atoms with E-state index >= 15 is 0 Å². The standard InChI is InChI=1S/C24H21N2OS.C11H8N.Ir/c1-13-11-18(25-12-14(13)2)15-7-6-8-16-20-19(27-21(15)16)10-9-17-22(20)28-23(26-17)24(3,4)5;1-2-6-10(7-3-1)11-8-4-5-9-12-11;/h6,8-12H,1-5H3;1-6,8-9H;/q2*-1;. The molecule has 0 aliphatic rings. The SMILES string of the molecule is Cc1cnc(-c2[c-]ccc3c2oc2ccc4nc(C(C)(C)C)sc4c23)cc1C.[Ir].[c-]1ccccc1-c1ccccn1. The van der Waals surface area contributed by atoms with Gasteiger partial charge in [0.25, 0.3) is 0 Å². The van der Waals surface area contributed by atoms with Crippen molar-refractivity contribution in [2.45, 2.75) is 40.0 Å². The average Bonchev–Trinajstić information content (AvgIpc) is 3.58. The van der Waals surface area contributed by atoms with Gasteiger partial charge in [-0.25, -0.2) is 4.98 Å². The van der Waals surface area contributed by atoms with E-state index in [0.29, 0.717) is 0 Å². The molecule has 3 aromatic carbocycles. The Labute approximate surface area is 257 Å². The molecule has 0 spiro atoms. The van der Waals surface area contributed by atoms with Crippen molar-refractivity contribution in [3.05, 3.63) is 113 Å². The van der Waals surface area contributed by atoms with Crippen molar-refractivity contribution in [1.29, 1.82) is 0 Å². The molecule has 41 heavy (non-hydrogen) atoms. The van der Waals surface area contributed by atoms with Crippen molar-refractivity contribution in [1.82, 2.24) is 15.0 Å². The smallest absolute Gasteiger partial charge is 0.122 e. The number of hydrogen-bond donors (Lipinski definition) is 0. The van der Waals surface area contributed by atoms with E-state index in [-0.39, 0.29) is 25.5 Å². The summed E-state index contributed by atoms with van der Waals surface area (Å²) in [5.74, 6) is 0. The fraction of sp³-hybridized carbons (Fsp3) is 0.171. The first-order valence-corrected chi connectivity index (χ1v) is 14.1. The van der Waals surface area contributed by atoms with Gasteiger partial charge < -0.3 is 14.4 Å². The fourth-order valence-electron chi connectivity index (χ4n) is 4.56. The zero-order valence-electron chi connectivity index (χ0n) is 23.6. The summed E-state index contributed by atoms with van der Waals surface area (Å²) in [6.45, 7) is 10.8. The summed E-state index contributed by atoms with van der Waals surface area (Å²) in [4.78, 5) is 13.7. The van der Waals surface area contributed by atoms with Crippen LogP contribution in [-0.4, -0.2) is 15.0 Å². The number of fused-ring (bicyclic) bond motifs is 5. The molecule has 4 nitrogen and oxygen atoms in total. The molecular weight excluding hydrogens is 703 g/mol. The number of aryl methyl sites for hydroxylation is 2. The van der Waals surface area contributed by atoms with Gasteiger partial charge in [-0.2, -0.15) is 0 Å². The third kappa shape index (κ3) is 5.73. The van der Waals surface area contributed by atoms with Crippen molar-refractivity contribution in [2.75, 3.05) is 0 Å². The van der Waals surface area contributed by atoms with Crippen LogP contribution in [0.4, 0.5) is 0 Å². The molecule has 0 N–H and O–H groups in total. The van der Waals surface area contributed by atoms with Crippen LogP contribution >= 0.6 is 11.3 Å².